The Morgan fingerprint density at radius 1 is 0.519 bits per heavy atom. The van der Waals surface area contributed by atoms with E-state index in [1.807, 2.05) is 24.4 Å². The van der Waals surface area contributed by atoms with Crippen molar-refractivity contribution in [2.45, 2.75) is 78.6 Å². The monoisotopic (exact) mass is 683 g/mol. The third-order valence-corrected chi connectivity index (χ3v) is 10.0. The molecule has 5 aromatic carbocycles. The zero-order valence-electron chi connectivity index (χ0n) is 31.9. The molecule has 4 nitrogen and oxygen atoms in total. The molecule has 0 bridgehead atoms. The maximum Gasteiger partial charge on any atom is 0.149 e. The van der Waals surface area contributed by atoms with Gasteiger partial charge in [0.05, 0.1) is 28.0 Å². The number of imidazole rings is 1. The molecular weight excluding hydrogens is 635 g/mol. The molecule has 0 saturated heterocycles. The van der Waals surface area contributed by atoms with Gasteiger partial charge >= 0.3 is 0 Å². The number of aromatic nitrogens is 3. The average molecular weight is 684 g/mol. The summed E-state index contributed by atoms with van der Waals surface area (Å²) in [7, 11) is 0. The molecule has 262 valence electrons. The second kappa shape index (κ2) is 12.9. The minimum atomic E-state index is -0.292. The molecule has 1 N–H and O–H groups in total. The highest BCUT2D eigenvalue weighted by molar-refractivity contribution is 5.97. The minimum absolute atomic E-state index is 0.0882. The predicted molar refractivity (Wildman–Crippen MR) is 218 cm³/mol. The lowest BCUT2D eigenvalue weighted by atomic mass is 9.79. The van der Waals surface area contributed by atoms with E-state index >= 15 is 0 Å². The van der Waals surface area contributed by atoms with E-state index < -0.39 is 0 Å². The van der Waals surface area contributed by atoms with Crippen LogP contribution < -0.4 is 0 Å². The molecule has 0 atom stereocenters. The van der Waals surface area contributed by atoms with Crippen LogP contribution >= 0.6 is 0 Å². The van der Waals surface area contributed by atoms with Crippen molar-refractivity contribution in [1.29, 1.82) is 0 Å². The van der Waals surface area contributed by atoms with Gasteiger partial charge in [0, 0.05) is 28.5 Å². The predicted octanol–water partition coefficient (Wildman–Crippen LogP) is 12.7. The molecule has 7 aromatic rings. The number of nitrogens with zero attached hydrogens (tertiary/aromatic N) is 3. The van der Waals surface area contributed by atoms with Gasteiger partial charge in [-0.1, -0.05) is 141 Å². The Morgan fingerprint density at radius 3 is 1.83 bits per heavy atom. The van der Waals surface area contributed by atoms with Crippen molar-refractivity contribution < 1.29 is 5.11 Å². The Labute approximate surface area is 308 Å². The van der Waals surface area contributed by atoms with Crippen LogP contribution in [0.1, 0.15) is 79.0 Å². The number of fused-ring (bicyclic) bond motifs is 1. The quantitative estimate of drug-likeness (QED) is 0.196. The van der Waals surface area contributed by atoms with E-state index in [2.05, 4.69) is 170 Å². The molecule has 4 heteroatoms. The standard InChI is InChI=1S/C48H49N3O/c1-46(2,3)34-27-32(26-33(28-34)40-22-15-16-25-49-40)37-21-17-24-42-43(37)50-45(38-29-35(47(4,5)6)30-39(44(38)52)48(7,8)9)51(42)41-23-14-13-20-36(41)31-18-11-10-12-19-31/h10-30,52H,1-9H3. The number of phenols is 1. The molecule has 0 amide bonds. The molecule has 2 aromatic heterocycles. The first-order valence-electron chi connectivity index (χ1n) is 18.2. The van der Waals surface area contributed by atoms with Crippen LogP contribution in [-0.2, 0) is 16.2 Å². The van der Waals surface area contributed by atoms with Crippen LogP contribution in [0.2, 0.25) is 0 Å². The van der Waals surface area contributed by atoms with E-state index in [0.29, 0.717) is 5.82 Å². The summed E-state index contributed by atoms with van der Waals surface area (Å²) >= 11 is 0. The van der Waals surface area contributed by atoms with Crippen LogP contribution in [0.3, 0.4) is 0 Å². The highest BCUT2D eigenvalue weighted by atomic mass is 16.3. The third kappa shape index (κ3) is 6.54. The fourth-order valence-electron chi connectivity index (χ4n) is 6.99. The summed E-state index contributed by atoms with van der Waals surface area (Å²) in [6.07, 6.45) is 1.85. The number of hydrogen-bond acceptors (Lipinski definition) is 3. The summed E-state index contributed by atoms with van der Waals surface area (Å²) in [6.45, 7) is 19.9. The molecule has 0 spiro atoms. The molecule has 0 aliphatic carbocycles. The lowest BCUT2D eigenvalue weighted by Gasteiger charge is -2.27. The molecule has 52 heavy (non-hydrogen) atoms. The van der Waals surface area contributed by atoms with Gasteiger partial charge in [-0.05, 0) is 81.0 Å². The van der Waals surface area contributed by atoms with Crippen LogP contribution in [0.5, 0.6) is 5.75 Å². The zero-order valence-corrected chi connectivity index (χ0v) is 31.9. The van der Waals surface area contributed by atoms with Gasteiger partial charge in [-0.15, -0.1) is 0 Å². The maximum atomic E-state index is 12.3. The van der Waals surface area contributed by atoms with E-state index in [-0.39, 0.29) is 22.0 Å². The normalized spacial score (nSPS) is 12.4. The number of benzene rings is 5. The van der Waals surface area contributed by atoms with Gasteiger partial charge in [0.15, 0.2) is 0 Å². The van der Waals surface area contributed by atoms with E-state index in [9.17, 15) is 5.11 Å². The first-order chi connectivity index (χ1) is 24.6. The van der Waals surface area contributed by atoms with Crippen molar-refractivity contribution in [2.75, 3.05) is 0 Å². The first-order valence-corrected chi connectivity index (χ1v) is 18.2. The maximum absolute atomic E-state index is 12.3. The second-order valence-electron chi connectivity index (χ2n) is 17.0. The highest BCUT2D eigenvalue weighted by Gasteiger charge is 2.29. The Morgan fingerprint density at radius 2 is 1.15 bits per heavy atom. The second-order valence-corrected chi connectivity index (χ2v) is 17.0. The van der Waals surface area contributed by atoms with Crippen LogP contribution in [0.4, 0.5) is 0 Å². The minimum Gasteiger partial charge on any atom is -0.507 e. The van der Waals surface area contributed by atoms with Crippen LogP contribution in [0.25, 0.3) is 61.6 Å². The molecule has 0 aliphatic heterocycles. The fraction of sp³-hybridized carbons (Fsp3) is 0.250. The van der Waals surface area contributed by atoms with Crippen molar-refractivity contribution in [1.82, 2.24) is 14.5 Å². The summed E-state index contributed by atoms with van der Waals surface area (Å²) in [4.78, 5) is 10.3. The topological polar surface area (TPSA) is 50.9 Å². The zero-order chi connectivity index (χ0) is 37.0. The molecule has 0 unspecified atom stereocenters. The number of hydrogen-bond donors (Lipinski definition) is 1. The van der Waals surface area contributed by atoms with E-state index in [0.717, 1.165) is 66.9 Å². The molecule has 2 heterocycles. The summed E-state index contributed by atoms with van der Waals surface area (Å²) in [5, 5.41) is 12.3. The van der Waals surface area contributed by atoms with Crippen molar-refractivity contribution in [3.63, 3.8) is 0 Å². The molecular formula is C48H49N3O. The third-order valence-electron chi connectivity index (χ3n) is 10.0. The highest BCUT2D eigenvalue weighted by Crippen LogP contribution is 2.45. The smallest absolute Gasteiger partial charge is 0.149 e. The SMILES string of the molecule is CC(C)(C)c1cc(-c2ccccn2)cc(-c2cccc3c2nc(-c2cc(C(C)(C)C)cc(C(C)(C)C)c2O)n3-c2ccccc2-c2ccccc2)c1. The number of para-hydroxylation sites is 2. The Bertz CT molecular complexity index is 2400. The van der Waals surface area contributed by atoms with Gasteiger partial charge in [0.1, 0.15) is 11.6 Å². The van der Waals surface area contributed by atoms with Crippen molar-refractivity contribution in [3.8, 4) is 56.3 Å². The summed E-state index contributed by atoms with van der Waals surface area (Å²) in [5.74, 6) is 0.972. The molecule has 7 rings (SSSR count). The Hall–Kier alpha value is -5.48. The van der Waals surface area contributed by atoms with Gasteiger partial charge in [0.2, 0.25) is 0 Å². The van der Waals surface area contributed by atoms with E-state index in [1.54, 1.807) is 0 Å². The Balaban J connectivity index is 1.60. The number of rotatable bonds is 5. The van der Waals surface area contributed by atoms with Gasteiger partial charge in [0.25, 0.3) is 0 Å². The van der Waals surface area contributed by atoms with E-state index in [1.165, 1.54) is 5.56 Å². The number of aromatic hydroxyl groups is 1. The van der Waals surface area contributed by atoms with Crippen LogP contribution in [0.15, 0.2) is 128 Å². The van der Waals surface area contributed by atoms with Crippen molar-refractivity contribution >= 4 is 11.0 Å². The molecule has 0 fully saturated rings. The molecule has 0 aliphatic rings. The van der Waals surface area contributed by atoms with E-state index in [4.69, 9.17) is 9.97 Å². The summed E-state index contributed by atoms with van der Waals surface area (Å²) < 4.78 is 2.25. The summed E-state index contributed by atoms with van der Waals surface area (Å²) in [6, 6.07) is 42.6. The number of phenolic OH excluding ortho intramolecular Hbond substituents is 1. The lowest BCUT2D eigenvalue weighted by molar-refractivity contribution is 0.446. The summed E-state index contributed by atoms with van der Waals surface area (Å²) in [5.41, 5.74) is 12.6. The average Bonchev–Trinajstić information content (AvgIpc) is 3.50. The van der Waals surface area contributed by atoms with Gasteiger partial charge in [-0.3, -0.25) is 9.55 Å². The van der Waals surface area contributed by atoms with Gasteiger partial charge in [-0.2, -0.15) is 0 Å². The lowest BCUT2D eigenvalue weighted by Crippen LogP contribution is -2.17. The van der Waals surface area contributed by atoms with Gasteiger partial charge < -0.3 is 5.11 Å². The van der Waals surface area contributed by atoms with Crippen LogP contribution in [0, 0.1) is 0 Å². The van der Waals surface area contributed by atoms with Crippen LogP contribution in [-0.4, -0.2) is 19.6 Å². The van der Waals surface area contributed by atoms with Crippen molar-refractivity contribution in [2.24, 2.45) is 0 Å². The Kier molecular flexibility index (Phi) is 8.69. The molecule has 0 saturated carbocycles. The first kappa shape index (κ1) is 34.9. The van der Waals surface area contributed by atoms with Crippen molar-refractivity contribution in [3.05, 3.63) is 144 Å². The fourth-order valence-corrected chi connectivity index (χ4v) is 6.99. The largest absolute Gasteiger partial charge is 0.507 e. The van der Waals surface area contributed by atoms with Gasteiger partial charge in [-0.25, -0.2) is 4.98 Å². The number of pyridine rings is 1. The molecule has 0 radical (unpaired) electrons.